The number of nitrogens with one attached hydrogen (secondary N) is 1. The van der Waals surface area contributed by atoms with Gasteiger partial charge in [0.2, 0.25) is 16.0 Å². The zero-order chi connectivity index (χ0) is 16.8. The summed E-state index contributed by atoms with van der Waals surface area (Å²) in [5.74, 6) is -0.0849. The number of rotatable bonds is 9. The van der Waals surface area contributed by atoms with E-state index < -0.39 is 31.4 Å². The van der Waals surface area contributed by atoms with Crippen LogP contribution in [-0.2, 0) is 24.9 Å². The zero-order valence-electron chi connectivity index (χ0n) is 12.2. The van der Waals surface area contributed by atoms with Crippen LogP contribution >= 0.6 is 0 Å². The number of methoxy groups -OCH3 is 1. The van der Waals surface area contributed by atoms with Crippen LogP contribution in [-0.4, -0.2) is 43.1 Å². The molecule has 1 aromatic rings. The third kappa shape index (κ3) is 5.52. The molecule has 22 heavy (non-hydrogen) atoms. The van der Waals surface area contributed by atoms with Crippen molar-refractivity contribution in [3.63, 3.8) is 0 Å². The van der Waals surface area contributed by atoms with Crippen LogP contribution in [0, 0.1) is 0 Å². The van der Waals surface area contributed by atoms with Gasteiger partial charge in [-0.2, -0.15) is 8.42 Å². The standard InChI is InChI=1S/C12H18FNO6S2/c1-10(22(17,18)14-7-8-19-2)11-3-5-12(6-4-11)20-21(15,16)9-13/h3-6,10,14H,7-9H2,1-2H3. The van der Waals surface area contributed by atoms with Crippen LogP contribution in [0.2, 0.25) is 0 Å². The van der Waals surface area contributed by atoms with E-state index in [-0.39, 0.29) is 18.9 Å². The van der Waals surface area contributed by atoms with E-state index in [2.05, 4.69) is 8.91 Å². The minimum atomic E-state index is -4.26. The first-order valence-corrected chi connectivity index (χ1v) is 9.39. The molecule has 1 unspecified atom stereocenters. The topological polar surface area (TPSA) is 98.8 Å². The average molecular weight is 355 g/mol. The summed E-state index contributed by atoms with van der Waals surface area (Å²) < 4.78 is 69.8. The summed E-state index contributed by atoms with van der Waals surface area (Å²) in [6, 6.07) is 3.71. The maximum atomic E-state index is 12.2. The van der Waals surface area contributed by atoms with Crippen LogP contribution in [0.4, 0.5) is 4.39 Å². The molecule has 126 valence electrons. The molecule has 1 N–H and O–H groups in total. The third-order valence-electron chi connectivity index (χ3n) is 2.78. The highest BCUT2D eigenvalue weighted by Crippen LogP contribution is 2.24. The predicted molar refractivity (Wildman–Crippen MR) is 79.2 cm³/mol. The van der Waals surface area contributed by atoms with Crippen LogP contribution in [0.3, 0.4) is 0 Å². The first-order valence-electron chi connectivity index (χ1n) is 6.27. The number of halogens is 1. The number of hydrogen-bond acceptors (Lipinski definition) is 6. The molecule has 10 heteroatoms. The second-order valence-corrected chi connectivity index (χ2v) is 7.98. The smallest absolute Gasteiger partial charge is 0.339 e. The predicted octanol–water partition coefficient (Wildman–Crippen LogP) is 0.949. The molecule has 7 nitrogen and oxygen atoms in total. The van der Waals surface area contributed by atoms with Crippen molar-refractivity contribution in [2.24, 2.45) is 0 Å². The Morgan fingerprint density at radius 1 is 1.18 bits per heavy atom. The first kappa shape index (κ1) is 18.8. The lowest BCUT2D eigenvalue weighted by Gasteiger charge is -2.14. The Labute approximate surface area is 129 Å². The van der Waals surface area contributed by atoms with Crippen molar-refractivity contribution >= 4 is 20.1 Å². The highest BCUT2D eigenvalue weighted by Gasteiger charge is 2.22. The van der Waals surface area contributed by atoms with E-state index in [0.717, 1.165) is 0 Å². The number of alkyl halides is 1. The van der Waals surface area contributed by atoms with Crippen molar-refractivity contribution in [2.75, 3.05) is 26.3 Å². The third-order valence-corrected chi connectivity index (χ3v) is 5.30. The van der Waals surface area contributed by atoms with Gasteiger partial charge < -0.3 is 8.92 Å². The van der Waals surface area contributed by atoms with Crippen molar-refractivity contribution in [2.45, 2.75) is 12.2 Å². The van der Waals surface area contributed by atoms with Gasteiger partial charge in [-0.15, -0.1) is 0 Å². The Hall–Kier alpha value is -1.23. The molecule has 1 atom stereocenters. The lowest BCUT2D eigenvalue weighted by atomic mass is 10.2. The number of benzene rings is 1. The van der Waals surface area contributed by atoms with Crippen molar-refractivity contribution in [3.8, 4) is 5.75 Å². The average Bonchev–Trinajstić information content (AvgIpc) is 2.47. The van der Waals surface area contributed by atoms with Gasteiger partial charge in [0.05, 0.1) is 11.9 Å². The summed E-state index contributed by atoms with van der Waals surface area (Å²) >= 11 is 0. The van der Waals surface area contributed by atoms with E-state index in [0.29, 0.717) is 5.56 Å². The van der Waals surface area contributed by atoms with Crippen LogP contribution in [0.5, 0.6) is 5.75 Å². The SMILES string of the molecule is COCCNS(=O)(=O)C(C)c1ccc(OS(=O)(=O)CF)cc1. The largest absolute Gasteiger partial charge is 0.383 e. The van der Waals surface area contributed by atoms with Gasteiger partial charge in [0.25, 0.3) is 0 Å². The number of hydrogen-bond donors (Lipinski definition) is 1. The fraction of sp³-hybridized carbons (Fsp3) is 0.500. The van der Waals surface area contributed by atoms with E-state index in [1.165, 1.54) is 38.3 Å². The molecule has 0 amide bonds. The van der Waals surface area contributed by atoms with Crippen LogP contribution in [0.1, 0.15) is 17.7 Å². The van der Waals surface area contributed by atoms with Crippen molar-refractivity contribution in [1.82, 2.24) is 4.72 Å². The maximum Gasteiger partial charge on any atom is 0.339 e. The van der Waals surface area contributed by atoms with Crippen LogP contribution in [0.15, 0.2) is 24.3 Å². The molecule has 1 aromatic carbocycles. The molecule has 0 aliphatic heterocycles. The van der Waals surface area contributed by atoms with E-state index in [1.807, 2.05) is 0 Å². The Bertz CT molecular complexity index is 672. The molecular weight excluding hydrogens is 337 g/mol. The van der Waals surface area contributed by atoms with E-state index >= 15 is 0 Å². The molecule has 0 saturated carbocycles. The molecule has 0 heterocycles. The van der Waals surface area contributed by atoms with Crippen LogP contribution < -0.4 is 8.91 Å². The van der Waals surface area contributed by atoms with Gasteiger partial charge in [-0.1, -0.05) is 12.1 Å². The molecule has 0 radical (unpaired) electrons. The van der Waals surface area contributed by atoms with Crippen molar-refractivity contribution in [3.05, 3.63) is 29.8 Å². The second kappa shape index (κ2) is 7.86. The minimum Gasteiger partial charge on any atom is -0.383 e. The summed E-state index contributed by atoms with van der Waals surface area (Å²) in [5.41, 5.74) is 0.440. The van der Waals surface area contributed by atoms with Crippen molar-refractivity contribution in [1.29, 1.82) is 0 Å². The van der Waals surface area contributed by atoms with Gasteiger partial charge in [-0.05, 0) is 24.6 Å². The zero-order valence-corrected chi connectivity index (χ0v) is 13.8. The summed E-state index contributed by atoms with van der Waals surface area (Å²) in [7, 11) is -6.39. The molecule has 0 aromatic heterocycles. The lowest BCUT2D eigenvalue weighted by molar-refractivity contribution is 0.204. The Balaban J connectivity index is 2.81. The molecule has 0 aliphatic rings. The molecule has 0 bridgehead atoms. The summed E-state index contributed by atoms with van der Waals surface area (Å²) in [5, 5.41) is -0.851. The summed E-state index contributed by atoms with van der Waals surface area (Å²) in [6.45, 7) is 1.89. The monoisotopic (exact) mass is 355 g/mol. The Morgan fingerprint density at radius 2 is 1.77 bits per heavy atom. The Kier molecular flexibility index (Phi) is 6.72. The molecule has 0 fully saturated rings. The normalized spacial score (nSPS) is 13.8. The minimum absolute atomic E-state index is 0.0849. The number of sulfonamides is 1. The van der Waals surface area contributed by atoms with Gasteiger partial charge in [0.1, 0.15) is 5.75 Å². The quantitative estimate of drug-likeness (QED) is 0.523. The van der Waals surface area contributed by atoms with E-state index in [1.54, 1.807) is 0 Å². The van der Waals surface area contributed by atoms with E-state index in [9.17, 15) is 21.2 Å². The molecule has 0 spiro atoms. The Morgan fingerprint density at radius 3 is 2.27 bits per heavy atom. The molecular formula is C12H18FNO6S2. The van der Waals surface area contributed by atoms with Gasteiger partial charge in [-0.3, -0.25) is 0 Å². The highest BCUT2D eigenvalue weighted by atomic mass is 32.2. The fourth-order valence-electron chi connectivity index (χ4n) is 1.55. The van der Waals surface area contributed by atoms with Gasteiger partial charge in [0, 0.05) is 13.7 Å². The van der Waals surface area contributed by atoms with Crippen molar-refractivity contribution < 1.29 is 30.1 Å². The summed E-state index contributed by atoms with van der Waals surface area (Å²) in [6.07, 6.45) is 0. The summed E-state index contributed by atoms with van der Waals surface area (Å²) in [4.78, 5) is 0. The molecule has 1 rings (SSSR count). The fourth-order valence-corrected chi connectivity index (χ4v) is 3.14. The molecule has 0 aliphatic carbocycles. The van der Waals surface area contributed by atoms with Gasteiger partial charge in [-0.25, -0.2) is 17.5 Å². The maximum absolute atomic E-state index is 12.2. The number of ether oxygens (including phenoxy) is 1. The van der Waals surface area contributed by atoms with Crippen LogP contribution in [0.25, 0.3) is 0 Å². The second-order valence-electron chi connectivity index (χ2n) is 4.39. The van der Waals surface area contributed by atoms with Gasteiger partial charge >= 0.3 is 10.1 Å². The van der Waals surface area contributed by atoms with Gasteiger partial charge in [0.15, 0.2) is 0 Å². The lowest BCUT2D eigenvalue weighted by Crippen LogP contribution is -2.30. The highest BCUT2D eigenvalue weighted by molar-refractivity contribution is 7.89. The van der Waals surface area contributed by atoms with E-state index in [4.69, 9.17) is 4.74 Å². The molecule has 0 saturated heterocycles. The first-order chi connectivity index (χ1) is 10.2.